The number of anilines is 2. The summed E-state index contributed by atoms with van der Waals surface area (Å²) >= 11 is 0. The molecule has 5 rings (SSSR count). The summed E-state index contributed by atoms with van der Waals surface area (Å²) in [6.07, 6.45) is 4.25. The van der Waals surface area contributed by atoms with E-state index in [1.807, 2.05) is 0 Å². The number of aliphatic hydroxyl groups is 1. The zero-order valence-electron chi connectivity index (χ0n) is 17.1. The van der Waals surface area contributed by atoms with Crippen molar-refractivity contribution in [2.24, 2.45) is 5.10 Å². The molecule has 0 spiro atoms. The summed E-state index contributed by atoms with van der Waals surface area (Å²) in [5.74, 6) is -0.885. The number of pyridine rings is 1. The van der Waals surface area contributed by atoms with Crippen molar-refractivity contribution in [1.29, 1.82) is 0 Å². The number of amides is 1. The molecular formula is C24H19FN4O3. The lowest BCUT2D eigenvalue weighted by Gasteiger charge is -2.23. The summed E-state index contributed by atoms with van der Waals surface area (Å²) in [7, 11) is 0. The van der Waals surface area contributed by atoms with Crippen LogP contribution in [0.15, 0.2) is 66.0 Å². The molecule has 2 aliphatic rings. The maximum atomic E-state index is 13.8. The topological polar surface area (TPSA) is 94.9 Å². The van der Waals surface area contributed by atoms with E-state index in [4.69, 9.17) is 0 Å². The molecule has 2 aromatic carbocycles. The Bertz CT molecular complexity index is 1290. The van der Waals surface area contributed by atoms with Gasteiger partial charge in [0, 0.05) is 23.7 Å². The van der Waals surface area contributed by atoms with Gasteiger partial charge in [0.1, 0.15) is 18.1 Å². The number of aldehydes is 1. The summed E-state index contributed by atoms with van der Waals surface area (Å²) in [4.78, 5) is 30.1. The van der Waals surface area contributed by atoms with Crippen LogP contribution in [0.1, 0.15) is 35.2 Å². The highest BCUT2D eigenvalue weighted by Crippen LogP contribution is 2.43. The van der Waals surface area contributed by atoms with Gasteiger partial charge in [-0.1, -0.05) is 18.2 Å². The van der Waals surface area contributed by atoms with Crippen LogP contribution in [0.4, 0.5) is 15.8 Å². The van der Waals surface area contributed by atoms with Crippen LogP contribution in [-0.2, 0) is 21.6 Å². The lowest BCUT2D eigenvalue weighted by Crippen LogP contribution is -2.35. The number of fused-ring (bicyclic) bond motifs is 2. The van der Waals surface area contributed by atoms with Gasteiger partial charge < -0.3 is 9.90 Å². The van der Waals surface area contributed by atoms with Gasteiger partial charge in [-0.15, -0.1) is 0 Å². The minimum Gasteiger partial charge on any atom is -0.375 e. The fourth-order valence-electron chi connectivity index (χ4n) is 4.23. The molecule has 1 aromatic heterocycles. The molecule has 160 valence electrons. The Labute approximate surface area is 183 Å². The number of aromatic nitrogens is 1. The second-order valence-corrected chi connectivity index (χ2v) is 7.99. The van der Waals surface area contributed by atoms with Crippen LogP contribution >= 0.6 is 0 Å². The fourth-order valence-corrected chi connectivity index (χ4v) is 4.23. The lowest BCUT2D eigenvalue weighted by atomic mass is 9.93. The molecule has 0 saturated carbocycles. The number of carbonyl (C=O) groups excluding carboxylic acids is 2. The van der Waals surface area contributed by atoms with Gasteiger partial charge in [0.25, 0.3) is 5.91 Å². The number of halogens is 1. The predicted molar refractivity (Wildman–Crippen MR) is 116 cm³/mol. The van der Waals surface area contributed by atoms with Crippen molar-refractivity contribution >= 4 is 29.3 Å². The molecule has 2 N–H and O–H groups in total. The van der Waals surface area contributed by atoms with E-state index in [9.17, 15) is 19.1 Å². The fraction of sp³-hybridized carbons (Fsp3) is 0.167. The third-order valence-corrected chi connectivity index (χ3v) is 5.83. The maximum absolute atomic E-state index is 13.8. The molecule has 7 nitrogen and oxygen atoms in total. The van der Waals surface area contributed by atoms with Gasteiger partial charge in [0.15, 0.2) is 5.60 Å². The highest BCUT2D eigenvalue weighted by Gasteiger charge is 2.46. The molecule has 1 amide bonds. The van der Waals surface area contributed by atoms with Crippen molar-refractivity contribution in [3.63, 3.8) is 0 Å². The van der Waals surface area contributed by atoms with Crippen LogP contribution in [0.3, 0.4) is 0 Å². The average molecular weight is 430 g/mol. The third-order valence-electron chi connectivity index (χ3n) is 5.83. The number of hydrazone groups is 1. The first-order valence-corrected chi connectivity index (χ1v) is 10.1. The molecular weight excluding hydrogens is 411 g/mol. The van der Waals surface area contributed by atoms with Crippen molar-refractivity contribution in [1.82, 2.24) is 10.4 Å². The van der Waals surface area contributed by atoms with E-state index in [0.717, 1.165) is 5.56 Å². The zero-order valence-corrected chi connectivity index (χ0v) is 17.1. The van der Waals surface area contributed by atoms with E-state index in [1.165, 1.54) is 24.0 Å². The van der Waals surface area contributed by atoms with Crippen molar-refractivity contribution in [2.45, 2.75) is 25.0 Å². The number of para-hydroxylation sites is 1. The van der Waals surface area contributed by atoms with E-state index in [-0.39, 0.29) is 0 Å². The first-order valence-electron chi connectivity index (χ1n) is 10.1. The SMILES string of the molecule is CC1(O)C(=O)N(c2cncc(CC3=NNC(C=O)c4cc(F)ccc43)c2)c2ccccc21. The number of carbonyl (C=O) groups is 2. The van der Waals surface area contributed by atoms with E-state index >= 15 is 0 Å². The second-order valence-electron chi connectivity index (χ2n) is 7.99. The summed E-state index contributed by atoms with van der Waals surface area (Å²) < 4.78 is 13.8. The predicted octanol–water partition coefficient (Wildman–Crippen LogP) is 2.90. The standard InChI is InChI=1S/C24H19FN4O3/c1-24(32)19-4-2-3-5-22(19)29(23(24)31)16-8-14(11-26-12-16)9-20-17-7-6-15(25)10-18(17)21(13-30)28-27-20/h2-8,10-13,21,28,32H,9H2,1H3. The minimum absolute atomic E-state index is 0.345. The van der Waals surface area contributed by atoms with Crippen LogP contribution < -0.4 is 10.3 Å². The van der Waals surface area contributed by atoms with Gasteiger partial charge in [-0.25, -0.2) is 4.39 Å². The summed E-state index contributed by atoms with van der Waals surface area (Å²) in [6.45, 7) is 1.48. The van der Waals surface area contributed by atoms with Gasteiger partial charge in [0.2, 0.25) is 0 Å². The van der Waals surface area contributed by atoms with Gasteiger partial charge in [0.05, 0.1) is 23.3 Å². The van der Waals surface area contributed by atoms with Crippen molar-refractivity contribution in [2.75, 3.05) is 4.90 Å². The summed E-state index contributed by atoms with van der Waals surface area (Å²) in [5.41, 5.74) is 5.38. The maximum Gasteiger partial charge on any atom is 0.267 e. The van der Waals surface area contributed by atoms with Crippen LogP contribution in [-0.4, -0.2) is 28.0 Å². The number of rotatable bonds is 4. The molecule has 3 heterocycles. The van der Waals surface area contributed by atoms with Gasteiger partial charge in [-0.3, -0.25) is 20.1 Å². The molecule has 0 saturated heterocycles. The average Bonchev–Trinajstić information content (AvgIpc) is 3.00. The van der Waals surface area contributed by atoms with Gasteiger partial charge in [-0.2, -0.15) is 5.10 Å². The lowest BCUT2D eigenvalue weighted by molar-refractivity contribution is -0.133. The third kappa shape index (κ3) is 3.07. The normalized spacial score (nSPS) is 21.5. The van der Waals surface area contributed by atoms with E-state index in [2.05, 4.69) is 15.5 Å². The number of hydrogen-bond acceptors (Lipinski definition) is 6. The smallest absolute Gasteiger partial charge is 0.267 e. The molecule has 0 bridgehead atoms. The van der Waals surface area contributed by atoms with Crippen molar-refractivity contribution < 1.29 is 19.1 Å². The Morgan fingerprint density at radius 3 is 2.84 bits per heavy atom. The largest absolute Gasteiger partial charge is 0.375 e. The number of nitrogens with zero attached hydrogens (tertiary/aromatic N) is 3. The molecule has 32 heavy (non-hydrogen) atoms. The molecule has 2 aliphatic heterocycles. The number of hydrogen-bond donors (Lipinski definition) is 2. The van der Waals surface area contributed by atoms with Crippen LogP contribution in [0, 0.1) is 5.82 Å². The van der Waals surface area contributed by atoms with Crippen LogP contribution in [0.5, 0.6) is 0 Å². The Kier molecular flexibility index (Phi) is 4.60. The van der Waals surface area contributed by atoms with Gasteiger partial charge >= 0.3 is 0 Å². The highest BCUT2D eigenvalue weighted by molar-refractivity contribution is 6.11. The Morgan fingerprint density at radius 1 is 1.22 bits per heavy atom. The minimum atomic E-state index is -1.63. The molecule has 0 fully saturated rings. The number of nitrogens with one attached hydrogen (secondary N) is 1. The first-order chi connectivity index (χ1) is 15.4. The Hall–Kier alpha value is -3.91. The van der Waals surface area contributed by atoms with E-state index in [0.29, 0.717) is 46.5 Å². The first kappa shape index (κ1) is 20.0. The zero-order chi connectivity index (χ0) is 22.5. The second kappa shape index (κ2) is 7.35. The monoisotopic (exact) mass is 430 g/mol. The van der Waals surface area contributed by atoms with Crippen molar-refractivity contribution in [3.8, 4) is 0 Å². The van der Waals surface area contributed by atoms with Crippen molar-refractivity contribution in [3.05, 3.63) is 89.0 Å². The van der Waals surface area contributed by atoms with Gasteiger partial charge in [-0.05, 0) is 48.4 Å². The summed E-state index contributed by atoms with van der Waals surface area (Å²) in [6, 6.07) is 12.4. The quantitative estimate of drug-likeness (QED) is 0.621. The highest BCUT2D eigenvalue weighted by atomic mass is 19.1. The molecule has 0 radical (unpaired) electrons. The van der Waals surface area contributed by atoms with E-state index in [1.54, 1.807) is 48.8 Å². The van der Waals surface area contributed by atoms with Crippen LogP contribution in [0.2, 0.25) is 0 Å². The Balaban J connectivity index is 1.50. The molecule has 0 aliphatic carbocycles. The molecule has 3 aromatic rings. The molecule has 2 atom stereocenters. The van der Waals surface area contributed by atoms with E-state index < -0.39 is 23.4 Å². The number of benzene rings is 2. The van der Waals surface area contributed by atoms with Crippen LogP contribution in [0.25, 0.3) is 0 Å². The molecule has 2 unspecified atom stereocenters. The Morgan fingerprint density at radius 2 is 2.03 bits per heavy atom. The molecule has 8 heteroatoms. The summed E-state index contributed by atoms with van der Waals surface area (Å²) in [5, 5.41) is 15.1.